The Kier molecular flexibility index (Phi) is 4.30. The van der Waals surface area contributed by atoms with Gasteiger partial charge >= 0.3 is 0 Å². The van der Waals surface area contributed by atoms with Gasteiger partial charge in [0.1, 0.15) is 5.82 Å². The van der Waals surface area contributed by atoms with Gasteiger partial charge < -0.3 is 14.5 Å². The Labute approximate surface area is 150 Å². The fraction of sp³-hybridized carbons (Fsp3) is 0.316. The van der Waals surface area contributed by atoms with Crippen LogP contribution in [0.15, 0.2) is 47.4 Å². The molecule has 1 amide bonds. The number of rotatable bonds is 3. The van der Waals surface area contributed by atoms with Crippen LogP contribution in [0.3, 0.4) is 0 Å². The third kappa shape index (κ3) is 3.13. The lowest BCUT2D eigenvalue weighted by atomic mass is 10.2. The van der Waals surface area contributed by atoms with Crippen LogP contribution in [0.2, 0.25) is 0 Å². The van der Waals surface area contributed by atoms with Crippen molar-refractivity contribution in [2.75, 3.05) is 26.2 Å². The lowest BCUT2D eigenvalue weighted by Gasteiger charge is -2.34. The van der Waals surface area contributed by atoms with E-state index in [1.165, 1.54) is 12.3 Å². The van der Waals surface area contributed by atoms with Crippen molar-refractivity contribution in [1.82, 2.24) is 24.3 Å². The first-order valence-corrected chi connectivity index (χ1v) is 8.72. The molecular weight excluding hydrogens is 330 g/mol. The van der Waals surface area contributed by atoms with Gasteiger partial charge in [-0.3, -0.25) is 14.5 Å². The third-order valence-electron chi connectivity index (χ3n) is 4.94. The van der Waals surface area contributed by atoms with E-state index in [2.05, 4.69) is 20.5 Å². The van der Waals surface area contributed by atoms with Crippen LogP contribution in [-0.2, 0) is 13.6 Å². The van der Waals surface area contributed by atoms with Crippen molar-refractivity contribution in [2.24, 2.45) is 7.05 Å². The second kappa shape index (κ2) is 6.76. The molecule has 0 saturated carbocycles. The number of hydrogen-bond acceptors (Lipinski definition) is 4. The number of carbonyl (C=O) groups excluding carboxylic acids is 1. The SMILES string of the molecule is Cn1c(CN2CCN(C(=O)c3ccc(=O)[nH]c3)CC2)nc2ccccc21. The van der Waals surface area contributed by atoms with Crippen molar-refractivity contribution in [1.29, 1.82) is 0 Å². The van der Waals surface area contributed by atoms with Crippen molar-refractivity contribution in [3.05, 3.63) is 64.3 Å². The molecule has 1 aromatic carbocycles. The first kappa shape index (κ1) is 16.5. The molecule has 0 unspecified atom stereocenters. The number of H-pyrrole nitrogens is 1. The normalized spacial score (nSPS) is 15.5. The number of aromatic nitrogens is 3. The molecule has 1 N–H and O–H groups in total. The van der Waals surface area contributed by atoms with E-state index in [0.717, 1.165) is 36.5 Å². The van der Waals surface area contributed by atoms with E-state index < -0.39 is 0 Å². The molecule has 0 radical (unpaired) electrons. The van der Waals surface area contributed by atoms with E-state index >= 15 is 0 Å². The summed E-state index contributed by atoms with van der Waals surface area (Å²) in [5, 5.41) is 0. The average Bonchev–Trinajstić information content (AvgIpc) is 2.98. The summed E-state index contributed by atoms with van der Waals surface area (Å²) < 4.78 is 2.13. The minimum absolute atomic E-state index is 0.0383. The van der Waals surface area contributed by atoms with Crippen LogP contribution in [0.4, 0.5) is 0 Å². The number of para-hydroxylation sites is 2. The van der Waals surface area contributed by atoms with Crippen LogP contribution in [0.1, 0.15) is 16.2 Å². The summed E-state index contributed by atoms with van der Waals surface area (Å²) in [5.74, 6) is 0.996. The number of aromatic amines is 1. The predicted molar refractivity (Wildman–Crippen MR) is 99.0 cm³/mol. The predicted octanol–water partition coefficient (Wildman–Crippen LogP) is 1.22. The topological polar surface area (TPSA) is 74.2 Å². The number of aryl methyl sites for hydroxylation is 1. The number of pyridine rings is 1. The molecule has 0 bridgehead atoms. The monoisotopic (exact) mass is 351 g/mol. The van der Waals surface area contributed by atoms with Gasteiger partial charge in [-0.25, -0.2) is 4.98 Å². The maximum Gasteiger partial charge on any atom is 0.255 e. The molecule has 7 heteroatoms. The number of piperazine rings is 1. The largest absolute Gasteiger partial charge is 0.336 e. The molecule has 4 rings (SSSR count). The fourth-order valence-corrected chi connectivity index (χ4v) is 3.37. The molecular formula is C19H21N5O2. The Morgan fingerprint density at radius 1 is 1.12 bits per heavy atom. The van der Waals surface area contributed by atoms with Gasteiger partial charge in [0, 0.05) is 45.5 Å². The van der Waals surface area contributed by atoms with Gasteiger partial charge in [-0.1, -0.05) is 12.1 Å². The zero-order chi connectivity index (χ0) is 18.1. The van der Waals surface area contributed by atoms with Gasteiger partial charge in [0.2, 0.25) is 5.56 Å². The maximum absolute atomic E-state index is 12.5. The summed E-state index contributed by atoms with van der Waals surface area (Å²) in [4.78, 5) is 35.1. The fourth-order valence-electron chi connectivity index (χ4n) is 3.37. The van der Waals surface area contributed by atoms with Crippen molar-refractivity contribution in [3.8, 4) is 0 Å². The van der Waals surface area contributed by atoms with Crippen LogP contribution in [0.5, 0.6) is 0 Å². The van der Waals surface area contributed by atoms with E-state index in [1.807, 2.05) is 30.1 Å². The summed E-state index contributed by atoms with van der Waals surface area (Å²) >= 11 is 0. The van der Waals surface area contributed by atoms with Gasteiger partial charge in [0.15, 0.2) is 0 Å². The molecule has 3 heterocycles. The highest BCUT2D eigenvalue weighted by Gasteiger charge is 2.23. The quantitative estimate of drug-likeness (QED) is 0.770. The molecule has 0 aliphatic carbocycles. The second-order valence-electron chi connectivity index (χ2n) is 6.59. The molecule has 0 spiro atoms. The molecule has 1 fully saturated rings. The number of carbonyl (C=O) groups is 1. The van der Waals surface area contributed by atoms with E-state index in [1.54, 1.807) is 6.07 Å². The van der Waals surface area contributed by atoms with Gasteiger partial charge in [0.05, 0.1) is 23.1 Å². The lowest BCUT2D eigenvalue weighted by Crippen LogP contribution is -2.48. The number of hydrogen-bond donors (Lipinski definition) is 1. The summed E-state index contributed by atoms with van der Waals surface area (Å²) in [6.45, 7) is 3.71. The Bertz CT molecular complexity index is 978. The number of amides is 1. The summed E-state index contributed by atoms with van der Waals surface area (Å²) in [7, 11) is 2.04. The number of nitrogens with zero attached hydrogens (tertiary/aromatic N) is 4. The smallest absolute Gasteiger partial charge is 0.255 e. The van der Waals surface area contributed by atoms with E-state index in [4.69, 9.17) is 4.98 Å². The standard InChI is InChI=1S/C19H21N5O2/c1-22-16-5-3-2-4-15(16)21-17(22)13-23-8-10-24(11-9-23)19(26)14-6-7-18(25)20-12-14/h2-7,12H,8-11,13H2,1H3,(H,20,25). The van der Waals surface area contributed by atoms with Crippen molar-refractivity contribution in [2.45, 2.75) is 6.54 Å². The lowest BCUT2D eigenvalue weighted by molar-refractivity contribution is 0.0624. The highest BCUT2D eigenvalue weighted by Crippen LogP contribution is 2.16. The van der Waals surface area contributed by atoms with Gasteiger partial charge in [0.25, 0.3) is 5.91 Å². The third-order valence-corrected chi connectivity index (χ3v) is 4.94. The molecule has 1 aliphatic heterocycles. The van der Waals surface area contributed by atoms with Crippen LogP contribution >= 0.6 is 0 Å². The molecule has 134 valence electrons. The highest BCUT2D eigenvalue weighted by atomic mass is 16.2. The number of fused-ring (bicyclic) bond motifs is 1. The molecule has 2 aromatic heterocycles. The average molecular weight is 351 g/mol. The maximum atomic E-state index is 12.5. The Balaban J connectivity index is 1.40. The number of benzene rings is 1. The van der Waals surface area contributed by atoms with E-state index in [-0.39, 0.29) is 11.5 Å². The van der Waals surface area contributed by atoms with Crippen LogP contribution in [-0.4, -0.2) is 56.4 Å². The minimum atomic E-state index is -0.200. The molecule has 1 saturated heterocycles. The number of nitrogens with one attached hydrogen (secondary N) is 1. The second-order valence-corrected chi connectivity index (χ2v) is 6.59. The Morgan fingerprint density at radius 2 is 1.88 bits per heavy atom. The van der Waals surface area contributed by atoms with Crippen LogP contribution in [0, 0.1) is 0 Å². The van der Waals surface area contributed by atoms with Crippen molar-refractivity contribution in [3.63, 3.8) is 0 Å². The van der Waals surface area contributed by atoms with Crippen LogP contribution < -0.4 is 5.56 Å². The van der Waals surface area contributed by atoms with Gasteiger partial charge in [-0.15, -0.1) is 0 Å². The van der Waals surface area contributed by atoms with E-state index in [9.17, 15) is 9.59 Å². The first-order chi connectivity index (χ1) is 12.6. The van der Waals surface area contributed by atoms with Gasteiger partial charge in [-0.2, -0.15) is 0 Å². The first-order valence-electron chi connectivity index (χ1n) is 8.72. The van der Waals surface area contributed by atoms with Crippen LogP contribution in [0.25, 0.3) is 11.0 Å². The molecule has 7 nitrogen and oxygen atoms in total. The van der Waals surface area contributed by atoms with E-state index in [0.29, 0.717) is 18.7 Å². The van der Waals surface area contributed by atoms with Gasteiger partial charge in [-0.05, 0) is 18.2 Å². The summed E-state index contributed by atoms with van der Waals surface area (Å²) in [5.41, 5.74) is 2.47. The zero-order valence-corrected chi connectivity index (χ0v) is 14.7. The zero-order valence-electron chi connectivity index (χ0n) is 14.7. The van der Waals surface area contributed by atoms with Crippen molar-refractivity contribution < 1.29 is 4.79 Å². The Morgan fingerprint density at radius 3 is 2.58 bits per heavy atom. The van der Waals surface area contributed by atoms with Crippen molar-refractivity contribution >= 4 is 16.9 Å². The molecule has 0 atom stereocenters. The Hall–Kier alpha value is -2.93. The molecule has 26 heavy (non-hydrogen) atoms. The summed E-state index contributed by atoms with van der Waals surface area (Å²) in [6.07, 6.45) is 1.48. The number of imidazole rings is 1. The minimum Gasteiger partial charge on any atom is -0.336 e. The molecule has 1 aliphatic rings. The molecule has 3 aromatic rings. The summed E-state index contributed by atoms with van der Waals surface area (Å²) in [6, 6.07) is 11.1. The highest BCUT2D eigenvalue weighted by molar-refractivity contribution is 5.93.